The van der Waals surface area contributed by atoms with Crippen molar-refractivity contribution >= 4 is 22.8 Å². The van der Waals surface area contributed by atoms with Gasteiger partial charge in [-0.25, -0.2) is 14.6 Å². The number of nitrogens with two attached hydrogens (primary N) is 1. The molecule has 1 aliphatic carbocycles. The molecule has 1 saturated carbocycles. The van der Waals surface area contributed by atoms with Gasteiger partial charge in [0.1, 0.15) is 17.8 Å². The Hall–Kier alpha value is -2.96. The summed E-state index contributed by atoms with van der Waals surface area (Å²) >= 11 is 0. The number of amides is 1. The highest BCUT2D eigenvalue weighted by Crippen LogP contribution is 2.37. The lowest BCUT2D eigenvalue weighted by Gasteiger charge is -2.29. The van der Waals surface area contributed by atoms with E-state index in [1.807, 2.05) is 49.1 Å². The zero-order valence-electron chi connectivity index (χ0n) is 15.7. The second-order valence-corrected chi connectivity index (χ2v) is 7.35. The Kier molecular flexibility index (Phi) is 4.51. The summed E-state index contributed by atoms with van der Waals surface area (Å²) < 4.78 is 1.99. The van der Waals surface area contributed by atoms with E-state index >= 15 is 0 Å². The number of anilines is 1. The van der Waals surface area contributed by atoms with Crippen LogP contribution in [-0.4, -0.2) is 44.7 Å². The number of nitrogens with zero attached hydrogens (tertiary/aromatic N) is 5. The molecule has 7 nitrogen and oxygen atoms in total. The normalized spacial score (nSPS) is 19.9. The van der Waals surface area contributed by atoms with Crippen LogP contribution < -0.4 is 5.73 Å². The van der Waals surface area contributed by atoms with Gasteiger partial charge < -0.3 is 10.6 Å². The number of carbonyl (C=O) groups is 1. The monoisotopic (exact) mass is 364 g/mol. The van der Waals surface area contributed by atoms with Gasteiger partial charge in [0.2, 0.25) is 5.91 Å². The van der Waals surface area contributed by atoms with Crippen molar-refractivity contribution in [1.29, 1.82) is 0 Å². The molecule has 1 aliphatic rings. The van der Waals surface area contributed by atoms with Gasteiger partial charge in [-0.05, 0) is 25.7 Å². The first-order valence-corrected chi connectivity index (χ1v) is 9.31. The van der Waals surface area contributed by atoms with Gasteiger partial charge in [-0.3, -0.25) is 4.79 Å². The van der Waals surface area contributed by atoms with Gasteiger partial charge in [0.15, 0.2) is 5.65 Å². The fourth-order valence-corrected chi connectivity index (χ4v) is 3.98. The third kappa shape index (κ3) is 3.13. The number of nitrogen functional groups attached to an aromatic ring is 1. The minimum Gasteiger partial charge on any atom is -0.383 e. The summed E-state index contributed by atoms with van der Waals surface area (Å²) in [7, 11) is 3.64. The van der Waals surface area contributed by atoms with Crippen LogP contribution in [0.2, 0.25) is 0 Å². The van der Waals surface area contributed by atoms with Gasteiger partial charge in [-0.2, -0.15) is 5.10 Å². The SMILES string of the molecule is CN(C)C(=O)C1CCC(n2nc(-c3ccccc3)c3c(N)ncnc32)CC1. The Morgan fingerprint density at radius 1 is 1.11 bits per heavy atom. The first-order valence-electron chi connectivity index (χ1n) is 9.31. The molecular formula is C20H24N6O. The fraction of sp³-hybridized carbons (Fsp3) is 0.400. The fourth-order valence-electron chi connectivity index (χ4n) is 3.98. The topological polar surface area (TPSA) is 89.9 Å². The van der Waals surface area contributed by atoms with Gasteiger partial charge in [0.05, 0.1) is 11.4 Å². The van der Waals surface area contributed by atoms with E-state index < -0.39 is 0 Å². The lowest BCUT2D eigenvalue weighted by molar-refractivity contribution is -0.134. The first kappa shape index (κ1) is 17.5. The minimum atomic E-state index is 0.103. The number of aromatic nitrogens is 4. The molecule has 0 atom stereocenters. The van der Waals surface area contributed by atoms with E-state index in [-0.39, 0.29) is 17.9 Å². The molecule has 0 aliphatic heterocycles. The molecule has 7 heteroatoms. The smallest absolute Gasteiger partial charge is 0.225 e. The average molecular weight is 364 g/mol. The van der Waals surface area contributed by atoms with Crippen LogP contribution in [0, 0.1) is 5.92 Å². The molecule has 0 saturated heterocycles. The van der Waals surface area contributed by atoms with Gasteiger partial charge >= 0.3 is 0 Å². The predicted molar refractivity (Wildman–Crippen MR) is 105 cm³/mol. The first-order chi connectivity index (χ1) is 13.1. The Bertz CT molecular complexity index is 957. The summed E-state index contributed by atoms with van der Waals surface area (Å²) in [6.07, 6.45) is 5.03. The van der Waals surface area contributed by atoms with Crippen molar-refractivity contribution < 1.29 is 4.79 Å². The zero-order chi connectivity index (χ0) is 19.0. The number of carbonyl (C=O) groups excluding carboxylic acids is 1. The van der Waals surface area contributed by atoms with Crippen LogP contribution in [0.15, 0.2) is 36.7 Å². The molecule has 2 aromatic heterocycles. The Labute approximate surface area is 158 Å². The maximum absolute atomic E-state index is 12.3. The van der Waals surface area contributed by atoms with Crippen molar-refractivity contribution in [2.24, 2.45) is 5.92 Å². The summed E-state index contributed by atoms with van der Waals surface area (Å²) in [6, 6.07) is 10.2. The summed E-state index contributed by atoms with van der Waals surface area (Å²) in [5.74, 6) is 0.767. The van der Waals surface area contributed by atoms with Crippen LogP contribution >= 0.6 is 0 Å². The number of benzene rings is 1. The van der Waals surface area contributed by atoms with Crippen molar-refractivity contribution in [2.75, 3.05) is 19.8 Å². The van der Waals surface area contributed by atoms with Crippen LogP contribution in [0.25, 0.3) is 22.3 Å². The molecule has 0 bridgehead atoms. The molecule has 1 fully saturated rings. The third-order valence-corrected chi connectivity index (χ3v) is 5.40. The van der Waals surface area contributed by atoms with Crippen molar-refractivity contribution in [3.8, 4) is 11.3 Å². The van der Waals surface area contributed by atoms with Gasteiger partial charge in [-0.15, -0.1) is 0 Å². The van der Waals surface area contributed by atoms with Crippen molar-refractivity contribution in [3.63, 3.8) is 0 Å². The van der Waals surface area contributed by atoms with Crippen molar-refractivity contribution in [1.82, 2.24) is 24.6 Å². The molecule has 4 rings (SSSR count). The molecule has 1 amide bonds. The number of rotatable bonds is 3. The molecule has 1 aromatic carbocycles. The largest absolute Gasteiger partial charge is 0.383 e. The van der Waals surface area contributed by atoms with E-state index in [1.54, 1.807) is 4.90 Å². The number of fused-ring (bicyclic) bond motifs is 1. The van der Waals surface area contributed by atoms with E-state index in [0.717, 1.165) is 48.0 Å². The molecule has 27 heavy (non-hydrogen) atoms. The van der Waals surface area contributed by atoms with Gasteiger partial charge in [0, 0.05) is 25.6 Å². The molecule has 0 unspecified atom stereocenters. The molecule has 140 valence electrons. The average Bonchev–Trinajstić information content (AvgIpc) is 3.09. The third-order valence-electron chi connectivity index (χ3n) is 5.40. The number of hydrogen-bond acceptors (Lipinski definition) is 5. The molecular weight excluding hydrogens is 340 g/mol. The number of hydrogen-bond donors (Lipinski definition) is 1. The van der Waals surface area contributed by atoms with E-state index in [9.17, 15) is 4.79 Å². The Morgan fingerprint density at radius 3 is 2.48 bits per heavy atom. The quantitative estimate of drug-likeness (QED) is 0.772. The molecule has 0 spiro atoms. The van der Waals surface area contributed by atoms with E-state index in [0.29, 0.717) is 5.82 Å². The summed E-state index contributed by atoms with van der Waals surface area (Å²) in [5, 5.41) is 5.69. The van der Waals surface area contributed by atoms with Crippen LogP contribution in [0.3, 0.4) is 0 Å². The standard InChI is InChI=1S/C20H24N6O/c1-25(2)20(27)14-8-10-15(11-9-14)26-19-16(18(21)22-12-23-19)17(24-26)13-6-4-3-5-7-13/h3-7,12,14-15H,8-11H2,1-2H3,(H2,21,22,23). The van der Waals surface area contributed by atoms with E-state index in [1.165, 1.54) is 6.33 Å². The zero-order valence-corrected chi connectivity index (χ0v) is 15.7. The molecule has 2 N–H and O–H groups in total. The lowest BCUT2D eigenvalue weighted by Crippen LogP contribution is -2.32. The van der Waals surface area contributed by atoms with Crippen LogP contribution in [0.5, 0.6) is 0 Å². The van der Waals surface area contributed by atoms with Crippen LogP contribution in [0.1, 0.15) is 31.7 Å². The van der Waals surface area contributed by atoms with Gasteiger partial charge in [-0.1, -0.05) is 30.3 Å². The lowest BCUT2D eigenvalue weighted by atomic mass is 9.85. The summed E-state index contributed by atoms with van der Waals surface area (Å²) in [4.78, 5) is 22.6. The minimum absolute atomic E-state index is 0.103. The van der Waals surface area contributed by atoms with E-state index in [4.69, 9.17) is 10.8 Å². The second kappa shape index (κ2) is 6.98. The maximum Gasteiger partial charge on any atom is 0.225 e. The van der Waals surface area contributed by atoms with Gasteiger partial charge in [0.25, 0.3) is 0 Å². The van der Waals surface area contributed by atoms with E-state index in [2.05, 4.69) is 9.97 Å². The molecule has 3 aromatic rings. The van der Waals surface area contributed by atoms with Crippen molar-refractivity contribution in [2.45, 2.75) is 31.7 Å². The van der Waals surface area contributed by atoms with Crippen LogP contribution in [-0.2, 0) is 4.79 Å². The maximum atomic E-state index is 12.3. The second-order valence-electron chi connectivity index (χ2n) is 7.35. The summed E-state index contributed by atoms with van der Waals surface area (Å²) in [5.41, 5.74) is 8.76. The highest BCUT2D eigenvalue weighted by Gasteiger charge is 2.30. The highest BCUT2D eigenvalue weighted by atomic mass is 16.2. The highest BCUT2D eigenvalue weighted by molar-refractivity contribution is 5.98. The van der Waals surface area contributed by atoms with Crippen LogP contribution in [0.4, 0.5) is 5.82 Å². The predicted octanol–water partition coefficient (Wildman–Crippen LogP) is 2.90. The summed E-state index contributed by atoms with van der Waals surface area (Å²) in [6.45, 7) is 0. The Morgan fingerprint density at radius 2 is 1.81 bits per heavy atom. The Balaban J connectivity index is 1.70. The van der Waals surface area contributed by atoms with Crippen molar-refractivity contribution in [3.05, 3.63) is 36.7 Å². The molecule has 0 radical (unpaired) electrons. The molecule has 2 heterocycles.